The first-order valence-electron chi connectivity index (χ1n) is 7.07. The average molecular weight is 346 g/mol. The summed E-state index contributed by atoms with van der Waals surface area (Å²) in [6.45, 7) is 7.00. The number of nitrogens with one attached hydrogen (secondary N) is 1. The maximum Gasteiger partial charge on any atom is 0.0464 e. The Labute approximate surface area is 129 Å². The molecule has 1 atom stereocenters. The van der Waals surface area contributed by atoms with Gasteiger partial charge in [-0.2, -0.15) is 0 Å². The van der Waals surface area contributed by atoms with Crippen molar-refractivity contribution in [1.82, 2.24) is 10.2 Å². The summed E-state index contributed by atoms with van der Waals surface area (Å²) in [4.78, 5) is 2.55. The molecule has 19 heavy (non-hydrogen) atoms. The fraction of sp³-hybridized carbons (Fsp3) is 0.600. The Kier molecular flexibility index (Phi) is 6.14. The van der Waals surface area contributed by atoms with E-state index < -0.39 is 0 Å². The molecule has 1 aliphatic heterocycles. The third-order valence-corrected chi connectivity index (χ3v) is 4.55. The van der Waals surface area contributed by atoms with E-state index in [1.807, 2.05) is 12.1 Å². The second kappa shape index (κ2) is 7.63. The molecular weight excluding hydrogens is 324 g/mol. The summed E-state index contributed by atoms with van der Waals surface area (Å²) in [5, 5.41) is 4.38. The number of hydrogen-bond donors (Lipinski definition) is 1. The number of rotatable bonds is 6. The van der Waals surface area contributed by atoms with Gasteiger partial charge in [-0.05, 0) is 70.1 Å². The van der Waals surface area contributed by atoms with Crippen molar-refractivity contribution >= 4 is 27.5 Å². The maximum atomic E-state index is 6.26. The van der Waals surface area contributed by atoms with E-state index in [0.717, 1.165) is 16.0 Å². The predicted octanol–water partition coefficient (Wildman–Crippen LogP) is 4.24. The van der Waals surface area contributed by atoms with Crippen molar-refractivity contribution in [2.45, 2.75) is 32.2 Å². The molecule has 4 heteroatoms. The molecule has 1 saturated heterocycles. The second-order valence-corrected chi connectivity index (χ2v) is 6.57. The summed E-state index contributed by atoms with van der Waals surface area (Å²) in [6.07, 6.45) is 3.95. The first kappa shape index (κ1) is 15.3. The standard InChI is InChI=1S/C15H22BrClN2/c1-12(14-6-5-13(16)11-15(14)17)18-7-4-10-19-8-2-3-9-19/h5-6,11-12,18H,2-4,7-10H2,1H3. The minimum absolute atomic E-state index is 0.305. The predicted molar refractivity (Wildman–Crippen MR) is 85.9 cm³/mol. The smallest absolute Gasteiger partial charge is 0.0464 e. The van der Waals surface area contributed by atoms with E-state index in [1.54, 1.807) is 0 Å². The highest BCUT2D eigenvalue weighted by atomic mass is 79.9. The van der Waals surface area contributed by atoms with Crippen LogP contribution in [0.3, 0.4) is 0 Å². The molecule has 0 radical (unpaired) electrons. The summed E-state index contributed by atoms with van der Waals surface area (Å²) in [5.74, 6) is 0. The molecule has 0 bridgehead atoms. The van der Waals surface area contributed by atoms with Crippen LogP contribution in [0.1, 0.15) is 37.8 Å². The largest absolute Gasteiger partial charge is 0.310 e. The van der Waals surface area contributed by atoms with E-state index in [-0.39, 0.29) is 0 Å². The molecule has 1 fully saturated rings. The van der Waals surface area contributed by atoms with Gasteiger partial charge in [0.1, 0.15) is 0 Å². The van der Waals surface area contributed by atoms with Gasteiger partial charge in [0.05, 0.1) is 0 Å². The highest BCUT2D eigenvalue weighted by molar-refractivity contribution is 9.10. The van der Waals surface area contributed by atoms with E-state index in [0.29, 0.717) is 6.04 Å². The van der Waals surface area contributed by atoms with Crippen LogP contribution in [0.25, 0.3) is 0 Å². The van der Waals surface area contributed by atoms with E-state index in [1.165, 1.54) is 44.5 Å². The molecule has 106 valence electrons. The van der Waals surface area contributed by atoms with Crippen molar-refractivity contribution < 1.29 is 0 Å². The Morgan fingerprint density at radius 3 is 2.79 bits per heavy atom. The number of likely N-dealkylation sites (tertiary alicyclic amines) is 1. The van der Waals surface area contributed by atoms with Gasteiger partial charge in [0.25, 0.3) is 0 Å². The molecule has 1 aromatic rings. The van der Waals surface area contributed by atoms with Crippen molar-refractivity contribution in [1.29, 1.82) is 0 Å². The zero-order valence-corrected chi connectivity index (χ0v) is 13.8. The van der Waals surface area contributed by atoms with Gasteiger partial charge >= 0.3 is 0 Å². The molecule has 1 heterocycles. The van der Waals surface area contributed by atoms with Crippen molar-refractivity contribution in [3.05, 3.63) is 33.3 Å². The van der Waals surface area contributed by atoms with Crippen LogP contribution in [-0.4, -0.2) is 31.1 Å². The second-order valence-electron chi connectivity index (χ2n) is 5.24. The summed E-state index contributed by atoms with van der Waals surface area (Å²) in [7, 11) is 0. The summed E-state index contributed by atoms with van der Waals surface area (Å²) < 4.78 is 1.03. The van der Waals surface area contributed by atoms with Gasteiger partial charge in [0.2, 0.25) is 0 Å². The molecule has 1 aliphatic rings. The zero-order valence-electron chi connectivity index (χ0n) is 11.5. The van der Waals surface area contributed by atoms with E-state index in [2.05, 4.69) is 39.1 Å². The molecule has 0 spiro atoms. The highest BCUT2D eigenvalue weighted by Crippen LogP contribution is 2.26. The average Bonchev–Trinajstić information content (AvgIpc) is 2.87. The van der Waals surface area contributed by atoms with Crippen LogP contribution >= 0.6 is 27.5 Å². The van der Waals surface area contributed by atoms with Crippen molar-refractivity contribution in [3.63, 3.8) is 0 Å². The van der Waals surface area contributed by atoms with Crippen LogP contribution in [0, 0.1) is 0 Å². The van der Waals surface area contributed by atoms with Crippen molar-refractivity contribution in [3.8, 4) is 0 Å². The lowest BCUT2D eigenvalue weighted by molar-refractivity contribution is 0.328. The number of nitrogens with zero attached hydrogens (tertiary/aromatic N) is 1. The zero-order chi connectivity index (χ0) is 13.7. The van der Waals surface area contributed by atoms with E-state index >= 15 is 0 Å². The lowest BCUT2D eigenvalue weighted by Crippen LogP contribution is -2.26. The SMILES string of the molecule is CC(NCCCN1CCCC1)c1ccc(Br)cc1Cl. The van der Waals surface area contributed by atoms with Gasteiger partial charge in [-0.25, -0.2) is 0 Å². The van der Waals surface area contributed by atoms with Gasteiger partial charge in [-0.15, -0.1) is 0 Å². The molecule has 1 unspecified atom stereocenters. The third-order valence-electron chi connectivity index (χ3n) is 3.73. The molecule has 0 aliphatic carbocycles. The lowest BCUT2D eigenvalue weighted by atomic mass is 10.1. The molecule has 0 aromatic heterocycles. The number of hydrogen-bond acceptors (Lipinski definition) is 2. The van der Waals surface area contributed by atoms with Gasteiger partial charge < -0.3 is 10.2 Å². The Hall–Kier alpha value is -0.0900. The van der Waals surface area contributed by atoms with Crippen LogP contribution in [0.5, 0.6) is 0 Å². The van der Waals surface area contributed by atoms with Crippen LogP contribution in [0.15, 0.2) is 22.7 Å². The Bertz CT molecular complexity index is 405. The lowest BCUT2D eigenvalue weighted by Gasteiger charge is -2.18. The molecule has 2 rings (SSSR count). The Morgan fingerprint density at radius 1 is 1.37 bits per heavy atom. The van der Waals surface area contributed by atoms with Gasteiger partial charge in [0, 0.05) is 15.5 Å². The first-order chi connectivity index (χ1) is 9.16. The summed E-state index contributed by atoms with van der Waals surface area (Å²) in [5.41, 5.74) is 1.17. The number of halogens is 2. The third kappa shape index (κ3) is 4.75. The molecule has 0 amide bonds. The van der Waals surface area contributed by atoms with Crippen LogP contribution in [0.4, 0.5) is 0 Å². The topological polar surface area (TPSA) is 15.3 Å². The van der Waals surface area contributed by atoms with Crippen LogP contribution in [-0.2, 0) is 0 Å². The van der Waals surface area contributed by atoms with Crippen LogP contribution in [0.2, 0.25) is 5.02 Å². The van der Waals surface area contributed by atoms with Gasteiger partial charge in [-0.3, -0.25) is 0 Å². The Balaban J connectivity index is 1.72. The highest BCUT2D eigenvalue weighted by Gasteiger charge is 2.12. The maximum absolute atomic E-state index is 6.26. The normalized spacial score (nSPS) is 17.8. The van der Waals surface area contributed by atoms with Crippen LogP contribution < -0.4 is 5.32 Å². The van der Waals surface area contributed by atoms with Gasteiger partial charge in [0.15, 0.2) is 0 Å². The monoisotopic (exact) mass is 344 g/mol. The van der Waals surface area contributed by atoms with Gasteiger partial charge in [-0.1, -0.05) is 33.6 Å². The van der Waals surface area contributed by atoms with Crippen molar-refractivity contribution in [2.75, 3.05) is 26.2 Å². The summed E-state index contributed by atoms with van der Waals surface area (Å²) >= 11 is 9.70. The quantitative estimate of drug-likeness (QED) is 0.776. The fourth-order valence-electron chi connectivity index (χ4n) is 2.59. The molecule has 2 nitrogen and oxygen atoms in total. The molecule has 1 aromatic carbocycles. The minimum Gasteiger partial charge on any atom is -0.310 e. The Morgan fingerprint density at radius 2 is 2.11 bits per heavy atom. The molecule has 0 saturated carbocycles. The van der Waals surface area contributed by atoms with E-state index in [4.69, 9.17) is 11.6 Å². The summed E-state index contributed by atoms with van der Waals surface area (Å²) in [6, 6.07) is 6.40. The minimum atomic E-state index is 0.305. The first-order valence-corrected chi connectivity index (χ1v) is 8.24. The van der Waals surface area contributed by atoms with E-state index in [9.17, 15) is 0 Å². The van der Waals surface area contributed by atoms with Crippen molar-refractivity contribution in [2.24, 2.45) is 0 Å². The number of benzene rings is 1. The molecular formula is C15H22BrClN2. The fourth-order valence-corrected chi connectivity index (χ4v) is 3.43. The molecule has 1 N–H and O–H groups in total.